The summed E-state index contributed by atoms with van der Waals surface area (Å²) < 4.78 is 6.20. The van der Waals surface area contributed by atoms with Gasteiger partial charge in [-0.2, -0.15) is 11.8 Å². The zero-order valence-corrected chi connectivity index (χ0v) is 10.4. The van der Waals surface area contributed by atoms with Gasteiger partial charge in [0.05, 0.1) is 18.3 Å². The van der Waals surface area contributed by atoms with Crippen LogP contribution in [0.25, 0.3) is 0 Å². The highest BCUT2D eigenvalue weighted by Gasteiger charge is 2.41. The molecule has 1 saturated carbocycles. The van der Waals surface area contributed by atoms with Crippen molar-refractivity contribution in [3.05, 3.63) is 0 Å². The zero-order chi connectivity index (χ0) is 10.7. The lowest BCUT2D eigenvalue weighted by Crippen LogP contribution is -2.26. The highest BCUT2D eigenvalue weighted by Crippen LogP contribution is 2.43. The molecule has 1 spiro atoms. The van der Waals surface area contributed by atoms with Crippen molar-refractivity contribution in [2.24, 2.45) is 0 Å². The molecule has 2 fully saturated rings. The van der Waals surface area contributed by atoms with E-state index in [0.29, 0.717) is 11.4 Å². The number of aliphatic hydroxyl groups is 1. The number of thioether (sulfide) groups is 1. The van der Waals surface area contributed by atoms with E-state index in [2.05, 4.69) is 6.92 Å². The number of hydrogen-bond donors (Lipinski definition) is 1. The van der Waals surface area contributed by atoms with Crippen molar-refractivity contribution in [3.63, 3.8) is 0 Å². The molecule has 2 atom stereocenters. The van der Waals surface area contributed by atoms with Gasteiger partial charge in [-0.3, -0.25) is 0 Å². The van der Waals surface area contributed by atoms with Gasteiger partial charge in [-0.25, -0.2) is 0 Å². The van der Waals surface area contributed by atoms with Crippen LogP contribution in [0.3, 0.4) is 0 Å². The summed E-state index contributed by atoms with van der Waals surface area (Å²) in [5, 5.41) is 9.31. The molecule has 2 unspecified atom stereocenters. The fourth-order valence-electron chi connectivity index (χ4n) is 2.72. The molecule has 0 aromatic carbocycles. The number of hydrogen-bond acceptors (Lipinski definition) is 3. The van der Waals surface area contributed by atoms with Gasteiger partial charge in [-0.05, 0) is 25.7 Å². The zero-order valence-electron chi connectivity index (χ0n) is 9.58. The summed E-state index contributed by atoms with van der Waals surface area (Å²) in [6.45, 7) is 2.35. The second kappa shape index (κ2) is 5.07. The molecule has 1 heterocycles. The molecule has 0 radical (unpaired) electrons. The van der Waals surface area contributed by atoms with Gasteiger partial charge in [-0.1, -0.05) is 19.8 Å². The van der Waals surface area contributed by atoms with E-state index in [0.717, 1.165) is 5.75 Å². The van der Waals surface area contributed by atoms with E-state index in [-0.39, 0.29) is 12.2 Å². The maximum Gasteiger partial charge on any atom is 0.0687 e. The lowest BCUT2D eigenvalue weighted by atomic mass is 9.98. The van der Waals surface area contributed by atoms with Gasteiger partial charge in [0.25, 0.3) is 0 Å². The van der Waals surface area contributed by atoms with E-state index in [1.54, 1.807) is 0 Å². The molecule has 2 nitrogen and oxygen atoms in total. The Kier molecular flexibility index (Phi) is 3.97. The predicted octanol–water partition coefficient (Wildman–Crippen LogP) is 2.59. The van der Waals surface area contributed by atoms with Crippen LogP contribution in [-0.4, -0.2) is 34.4 Å². The standard InChI is InChI=1S/C12H22O2S/c1-10(8-13)15-9-11-4-7-12(14-11)5-2-3-6-12/h10-11,13H,2-9H2,1H3. The molecular weight excluding hydrogens is 208 g/mol. The Morgan fingerprint density at radius 2 is 2.13 bits per heavy atom. The van der Waals surface area contributed by atoms with Crippen molar-refractivity contribution in [2.75, 3.05) is 12.4 Å². The summed E-state index contributed by atoms with van der Waals surface area (Å²) in [6.07, 6.45) is 8.21. The van der Waals surface area contributed by atoms with Gasteiger partial charge in [0, 0.05) is 11.0 Å². The number of rotatable bonds is 4. The summed E-state index contributed by atoms with van der Waals surface area (Å²) in [5.41, 5.74) is 0.272. The normalized spacial score (nSPS) is 31.2. The molecule has 1 saturated heterocycles. The molecule has 0 aromatic rings. The van der Waals surface area contributed by atoms with Gasteiger partial charge in [0.1, 0.15) is 0 Å². The van der Waals surface area contributed by atoms with E-state index in [1.165, 1.54) is 38.5 Å². The summed E-state index contributed by atoms with van der Waals surface area (Å²) in [7, 11) is 0. The Morgan fingerprint density at radius 3 is 2.80 bits per heavy atom. The quantitative estimate of drug-likeness (QED) is 0.805. The third-order valence-corrected chi connectivity index (χ3v) is 4.96. The Labute approximate surface area is 96.8 Å². The fourth-order valence-corrected chi connectivity index (χ4v) is 3.61. The first-order valence-electron chi connectivity index (χ1n) is 6.14. The van der Waals surface area contributed by atoms with E-state index >= 15 is 0 Å². The van der Waals surface area contributed by atoms with Crippen LogP contribution in [-0.2, 0) is 4.74 Å². The molecule has 1 aliphatic carbocycles. The van der Waals surface area contributed by atoms with Crippen molar-refractivity contribution in [1.29, 1.82) is 0 Å². The second-order valence-corrected chi connectivity index (χ2v) is 6.47. The van der Waals surface area contributed by atoms with Crippen molar-refractivity contribution < 1.29 is 9.84 Å². The maximum absolute atomic E-state index is 8.95. The first-order chi connectivity index (χ1) is 7.24. The van der Waals surface area contributed by atoms with E-state index in [1.807, 2.05) is 11.8 Å². The van der Waals surface area contributed by atoms with Crippen LogP contribution in [0.15, 0.2) is 0 Å². The number of aliphatic hydroxyl groups excluding tert-OH is 1. The first-order valence-corrected chi connectivity index (χ1v) is 7.19. The molecule has 2 aliphatic rings. The lowest BCUT2D eigenvalue weighted by Gasteiger charge is -2.24. The summed E-state index contributed by atoms with van der Waals surface area (Å²) in [6, 6.07) is 0. The van der Waals surface area contributed by atoms with Crippen molar-refractivity contribution >= 4 is 11.8 Å². The van der Waals surface area contributed by atoms with E-state index < -0.39 is 0 Å². The van der Waals surface area contributed by atoms with Crippen LogP contribution in [0.4, 0.5) is 0 Å². The summed E-state index contributed by atoms with van der Waals surface area (Å²) in [5.74, 6) is 1.06. The van der Waals surface area contributed by atoms with Crippen molar-refractivity contribution in [1.82, 2.24) is 0 Å². The van der Waals surface area contributed by atoms with Crippen LogP contribution in [0.5, 0.6) is 0 Å². The maximum atomic E-state index is 8.95. The van der Waals surface area contributed by atoms with E-state index in [4.69, 9.17) is 9.84 Å². The molecule has 1 N–H and O–H groups in total. The summed E-state index contributed by atoms with van der Waals surface area (Å²) in [4.78, 5) is 0. The van der Waals surface area contributed by atoms with Gasteiger partial charge in [0.2, 0.25) is 0 Å². The van der Waals surface area contributed by atoms with Gasteiger partial charge >= 0.3 is 0 Å². The van der Waals surface area contributed by atoms with Crippen LogP contribution in [0, 0.1) is 0 Å². The van der Waals surface area contributed by atoms with Crippen LogP contribution >= 0.6 is 11.8 Å². The minimum atomic E-state index is 0.272. The predicted molar refractivity (Wildman–Crippen MR) is 64.3 cm³/mol. The third kappa shape index (κ3) is 2.89. The SMILES string of the molecule is CC(CO)SCC1CCC2(CCCC2)O1. The van der Waals surface area contributed by atoms with Gasteiger partial charge in [0.15, 0.2) is 0 Å². The Hall–Kier alpha value is 0.270. The highest BCUT2D eigenvalue weighted by molar-refractivity contribution is 7.99. The monoisotopic (exact) mass is 230 g/mol. The smallest absolute Gasteiger partial charge is 0.0687 e. The molecule has 1 aliphatic heterocycles. The van der Waals surface area contributed by atoms with Gasteiger partial charge in [-0.15, -0.1) is 0 Å². The molecular formula is C12H22O2S. The van der Waals surface area contributed by atoms with Crippen molar-refractivity contribution in [2.45, 2.75) is 62.4 Å². The molecule has 0 aromatic heterocycles. The number of ether oxygens (including phenoxy) is 1. The molecule has 0 bridgehead atoms. The van der Waals surface area contributed by atoms with Crippen molar-refractivity contribution in [3.8, 4) is 0 Å². The van der Waals surface area contributed by atoms with E-state index in [9.17, 15) is 0 Å². The largest absolute Gasteiger partial charge is 0.395 e. The average Bonchev–Trinajstić information content (AvgIpc) is 2.86. The van der Waals surface area contributed by atoms with Gasteiger partial charge < -0.3 is 9.84 Å². The Bertz CT molecular complexity index is 202. The molecule has 3 heteroatoms. The minimum absolute atomic E-state index is 0.272. The summed E-state index contributed by atoms with van der Waals surface area (Å²) >= 11 is 1.84. The van der Waals surface area contributed by atoms with Crippen LogP contribution in [0.1, 0.15) is 45.4 Å². The van der Waals surface area contributed by atoms with Crippen LogP contribution < -0.4 is 0 Å². The third-order valence-electron chi connectivity index (χ3n) is 3.68. The highest BCUT2D eigenvalue weighted by atomic mass is 32.2. The second-order valence-electron chi connectivity index (χ2n) is 5.00. The molecule has 88 valence electrons. The van der Waals surface area contributed by atoms with Crippen LogP contribution in [0.2, 0.25) is 0 Å². The Morgan fingerprint density at radius 1 is 1.40 bits per heavy atom. The molecule has 15 heavy (non-hydrogen) atoms. The topological polar surface area (TPSA) is 29.5 Å². The average molecular weight is 230 g/mol. The first kappa shape index (κ1) is 11.7. The minimum Gasteiger partial charge on any atom is -0.395 e. The fraction of sp³-hybridized carbons (Fsp3) is 1.00. The molecule has 2 rings (SSSR count). The Balaban J connectivity index is 1.73. The molecule has 0 amide bonds. The lowest BCUT2D eigenvalue weighted by molar-refractivity contribution is -0.0268.